The monoisotopic (exact) mass is 518 g/mol. The number of nitrogens with zero attached hydrogens (tertiary/aromatic N) is 1. The van der Waals surface area contributed by atoms with Crippen LogP contribution in [-0.4, -0.2) is 23.1 Å². The number of rotatable bonds is 10. The molecule has 0 bridgehead atoms. The second kappa shape index (κ2) is 12.0. The summed E-state index contributed by atoms with van der Waals surface area (Å²) in [6.07, 6.45) is 1.71. The van der Waals surface area contributed by atoms with Gasteiger partial charge in [-0.25, -0.2) is 13.6 Å². The lowest BCUT2D eigenvalue weighted by atomic mass is 10.0. The van der Waals surface area contributed by atoms with Gasteiger partial charge >= 0.3 is 5.97 Å². The minimum absolute atomic E-state index is 0.0184. The largest absolute Gasteiger partial charge is 0.462 e. The number of halogens is 2. The summed E-state index contributed by atoms with van der Waals surface area (Å²) in [7, 11) is 0. The number of hydrogen-bond donors (Lipinski definition) is 1. The molecule has 0 saturated heterocycles. The molecular formula is C31H32F2N2O3. The molecule has 1 heterocycles. The number of ether oxygens (including phenoxy) is 1. The average molecular weight is 519 g/mol. The molecule has 0 saturated carbocycles. The number of nitrogens with one attached hydrogen (secondary N) is 1. The lowest BCUT2D eigenvalue weighted by Gasteiger charge is -2.16. The Hall–Kier alpha value is -4.00. The highest BCUT2D eigenvalue weighted by molar-refractivity contribution is 6.10. The molecule has 1 N–H and O–H groups in total. The molecule has 0 aliphatic carbocycles. The van der Waals surface area contributed by atoms with Crippen molar-refractivity contribution in [2.45, 2.75) is 52.6 Å². The van der Waals surface area contributed by atoms with Gasteiger partial charge in [0.05, 0.1) is 23.3 Å². The zero-order valence-electron chi connectivity index (χ0n) is 21.9. The zero-order valence-corrected chi connectivity index (χ0v) is 21.9. The van der Waals surface area contributed by atoms with Crippen LogP contribution in [0.2, 0.25) is 0 Å². The molecule has 7 heteroatoms. The molecule has 38 heavy (non-hydrogen) atoms. The van der Waals surface area contributed by atoms with Gasteiger partial charge in [0.2, 0.25) is 0 Å². The maximum Gasteiger partial charge on any atom is 0.338 e. The van der Waals surface area contributed by atoms with Crippen molar-refractivity contribution in [1.29, 1.82) is 0 Å². The minimum atomic E-state index is -0.961. The Morgan fingerprint density at radius 3 is 2.39 bits per heavy atom. The van der Waals surface area contributed by atoms with Crippen LogP contribution in [0.4, 0.5) is 8.78 Å². The van der Waals surface area contributed by atoms with Crippen molar-refractivity contribution in [3.63, 3.8) is 0 Å². The van der Waals surface area contributed by atoms with E-state index in [1.165, 1.54) is 6.07 Å². The second-order valence-corrected chi connectivity index (χ2v) is 9.64. The normalized spacial score (nSPS) is 11.2. The number of esters is 1. The van der Waals surface area contributed by atoms with Crippen molar-refractivity contribution in [2.24, 2.45) is 0 Å². The van der Waals surface area contributed by atoms with E-state index in [1.54, 1.807) is 18.2 Å². The third kappa shape index (κ3) is 5.93. The van der Waals surface area contributed by atoms with Gasteiger partial charge in [0.1, 0.15) is 0 Å². The van der Waals surface area contributed by atoms with Crippen molar-refractivity contribution in [2.75, 3.05) is 6.61 Å². The van der Waals surface area contributed by atoms with E-state index in [0.29, 0.717) is 35.2 Å². The Balaban J connectivity index is 1.77. The summed E-state index contributed by atoms with van der Waals surface area (Å²) in [5.41, 5.74) is 4.00. The molecule has 0 aliphatic rings. The zero-order chi connectivity index (χ0) is 27.2. The predicted molar refractivity (Wildman–Crippen MR) is 144 cm³/mol. The Bertz CT molecular complexity index is 1440. The molecule has 0 radical (unpaired) electrons. The third-order valence-corrected chi connectivity index (χ3v) is 6.47. The summed E-state index contributed by atoms with van der Waals surface area (Å²) in [5.74, 6) is -2.64. The lowest BCUT2D eigenvalue weighted by molar-refractivity contribution is 0.0499. The van der Waals surface area contributed by atoms with Crippen LogP contribution in [0.1, 0.15) is 77.1 Å². The van der Waals surface area contributed by atoms with Gasteiger partial charge < -0.3 is 14.6 Å². The van der Waals surface area contributed by atoms with E-state index in [-0.39, 0.29) is 18.4 Å². The fourth-order valence-electron chi connectivity index (χ4n) is 4.58. The quantitative estimate of drug-likeness (QED) is 0.182. The van der Waals surface area contributed by atoms with Crippen LogP contribution in [0.25, 0.3) is 10.9 Å². The standard InChI is InChI=1S/C31H32F2N2O3/c1-4-5-15-38-31(37)23-12-13-24-27(17-23)35(19-21-9-7-6-8-10-21)29(20(2)3)28(24)30(36)34-18-22-11-14-25(32)26(33)16-22/h6-14,16-17,20H,4-5,15,18-19H2,1-3H3,(H,34,36). The molecule has 3 aromatic carbocycles. The van der Waals surface area contributed by atoms with Gasteiger partial charge in [0.15, 0.2) is 11.6 Å². The molecule has 0 unspecified atom stereocenters. The summed E-state index contributed by atoms with van der Waals surface area (Å²) in [6, 6.07) is 18.7. The fourth-order valence-corrected chi connectivity index (χ4v) is 4.58. The molecule has 4 aromatic rings. The summed E-state index contributed by atoms with van der Waals surface area (Å²) in [6.45, 7) is 6.97. The molecule has 1 amide bonds. The molecule has 0 spiro atoms. The predicted octanol–water partition coefficient (Wildman–Crippen LogP) is 6.98. The maximum atomic E-state index is 13.7. The van der Waals surface area contributed by atoms with Gasteiger partial charge in [-0.05, 0) is 47.7 Å². The van der Waals surface area contributed by atoms with Crippen molar-refractivity contribution in [3.8, 4) is 0 Å². The van der Waals surface area contributed by atoms with Crippen molar-refractivity contribution in [3.05, 3.63) is 106 Å². The molecule has 198 valence electrons. The summed E-state index contributed by atoms with van der Waals surface area (Å²) in [4.78, 5) is 26.3. The molecular weight excluding hydrogens is 486 g/mol. The van der Waals surface area contributed by atoms with Crippen LogP contribution in [0.3, 0.4) is 0 Å². The Kier molecular flexibility index (Phi) is 8.56. The van der Waals surface area contributed by atoms with Crippen LogP contribution >= 0.6 is 0 Å². The van der Waals surface area contributed by atoms with Gasteiger partial charge in [0.25, 0.3) is 5.91 Å². The lowest BCUT2D eigenvalue weighted by Crippen LogP contribution is -2.24. The van der Waals surface area contributed by atoms with E-state index < -0.39 is 17.6 Å². The number of carbonyl (C=O) groups is 2. The highest BCUT2D eigenvalue weighted by atomic mass is 19.2. The molecule has 0 fully saturated rings. The topological polar surface area (TPSA) is 60.3 Å². The van der Waals surface area contributed by atoms with E-state index in [0.717, 1.165) is 41.7 Å². The van der Waals surface area contributed by atoms with Gasteiger partial charge in [-0.3, -0.25) is 4.79 Å². The first-order chi connectivity index (χ1) is 18.3. The number of amides is 1. The molecule has 1 aromatic heterocycles. The summed E-state index contributed by atoms with van der Waals surface area (Å²) >= 11 is 0. The fraction of sp³-hybridized carbons (Fsp3) is 0.290. The molecule has 0 atom stereocenters. The first-order valence-electron chi connectivity index (χ1n) is 12.9. The number of carbonyl (C=O) groups excluding carboxylic acids is 2. The van der Waals surface area contributed by atoms with Gasteiger partial charge in [-0.1, -0.05) is 69.7 Å². The molecule has 4 rings (SSSR count). The van der Waals surface area contributed by atoms with E-state index in [2.05, 4.69) is 9.88 Å². The second-order valence-electron chi connectivity index (χ2n) is 9.64. The number of hydrogen-bond acceptors (Lipinski definition) is 3. The summed E-state index contributed by atoms with van der Waals surface area (Å²) < 4.78 is 34.5. The van der Waals surface area contributed by atoms with Crippen LogP contribution in [0.15, 0.2) is 66.7 Å². The van der Waals surface area contributed by atoms with Crippen molar-refractivity contribution >= 4 is 22.8 Å². The van der Waals surface area contributed by atoms with Crippen molar-refractivity contribution < 1.29 is 23.1 Å². The van der Waals surface area contributed by atoms with E-state index in [1.807, 2.05) is 51.1 Å². The Morgan fingerprint density at radius 2 is 1.71 bits per heavy atom. The SMILES string of the molecule is CCCCOC(=O)c1ccc2c(C(=O)NCc3ccc(F)c(F)c3)c(C(C)C)n(Cc3ccccc3)c2c1. The minimum Gasteiger partial charge on any atom is -0.462 e. The maximum absolute atomic E-state index is 13.7. The highest BCUT2D eigenvalue weighted by Gasteiger charge is 2.25. The van der Waals surface area contributed by atoms with Crippen molar-refractivity contribution in [1.82, 2.24) is 9.88 Å². The Labute approximate surface area is 221 Å². The first kappa shape index (κ1) is 27.0. The first-order valence-corrected chi connectivity index (χ1v) is 12.9. The highest BCUT2D eigenvalue weighted by Crippen LogP contribution is 2.33. The number of aromatic nitrogens is 1. The molecule has 5 nitrogen and oxygen atoms in total. The van der Waals surface area contributed by atoms with Gasteiger partial charge in [-0.15, -0.1) is 0 Å². The van der Waals surface area contributed by atoms with E-state index in [4.69, 9.17) is 4.74 Å². The van der Waals surface area contributed by atoms with Crippen LogP contribution in [0.5, 0.6) is 0 Å². The average Bonchev–Trinajstić information content (AvgIpc) is 3.23. The summed E-state index contributed by atoms with van der Waals surface area (Å²) in [5, 5.41) is 3.57. The van der Waals surface area contributed by atoms with E-state index in [9.17, 15) is 18.4 Å². The Morgan fingerprint density at radius 1 is 0.947 bits per heavy atom. The third-order valence-electron chi connectivity index (χ3n) is 6.47. The van der Waals surface area contributed by atoms with Gasteiger partial charge in [0, 0.05) is 24.2 Å². The molecule has 0 aliphatic heterocycles. The smallest absolute Gasteiger partial charge is 0.338 e. The van der Waals surface area contributed by atoms with E-state index >= 15 is 0 Å². The number of unbranched alkanes of at least 4 members (excludes halogenated alkanes) is 1. The van der Waals surface area contributed by atoms with Crippen LogP contribution in [-0.2, 0) is 17.8 Å². The van der Waals surface area contributed by atoms with Gasteiger partial charge in [-0.2, -0.15) is 0 Å². The van der Waals surface area contributed by atoms with Crippen LogP contribution in [0, 0.1) is 11.6 Å². The number of benzene rings is 3. The number of fused-ring (bicyclic) bond motifs is 1. The van der Waals surface area contributed by atoms with Crippen LogP contribution < -0.4 is 5.32 Å².